The minimum atomic E-state index is -0.446. The molecule has 0 aromatic carbocycles. The monoisotopic (exact) mass is 203 g/mol. The summed E-state index contributed by atoms with van der Waals surface area (Å²) >= 11 is 0. The Kier molecular flexibility index (Phi) is 5.53. The minimum absolute atomic E-state index is 0.0209. The molecule has 1 N–H and O–H groups in total. The summed E-state index contributed by atoms with van der Waals surface area (Å²) < 4.78 is 10.3. The van der Waals surface area contributed by atoms with Gasteiger partial charge in [0, 0.05) is 13.2 Å². The minimum Gasteiger partial charge on any atom is -0.444 e. The number of hydrogen-bond donors (Lipinski definition) is 1. The van der Waals surface area contributed by atoms with Crippen molar-refractivity contribution in [2.24, 2.45) is 0 Å². The largest absolute Gasteiger partial charge is 0.444 e. The van der Waals surface area contributed by atoms with Gasteiger partial charge < -0.3 is 14.8 Å². The van der Waals surface area contributed by atoms with E-state index in [0.29, 0.717) is 13.2 Å². The highest BCUT2D eigenvalue weighted by Gasteiger charge is 2.16. The van der Waals surface area contributed by atoms with Gasteiger partial charge in [0.1, 0.15) is 5.60 Å². The van der Waals surface area contributed by atoms with Crippen LogP contribution >= 0.6 is 0 Å². The van der Waals surface area contributed by atoms with E-state index >= 15 is 0 Å². The van der Waals surface area contributed by atoms with Crippen molar-refractivity contribution in [3.63, 3.8) is 0 Å². The van der Waals surface area contributed by atoms with Crippen molar-refractivity contribution in [1.82, 2.24) is 5.32 Å². The highest BCUT2D eigenvalue weighted by atomic mass is 16.6. The van der Waals surface area contributed by atoms with Crippen LogP contribution in [0.4, 0.5) is 4.79 Å². The molecule has 0 spiro atoms. The van der Waals surface area contributed by atoms with Crippen molar-refractivity contribution in [3.05, 3.63) is 0 Å². The lowest BCUT2D eigenvalue weighted by atomic mass is 10.2. The summed E-state index contributed by atoms with van der Waals surface area (Å²) in [5.41, 5.74) is -0.446. The molecular weight excluding hydrogens is 182 g/mol. The molecule has 4 heteroatoms. The van der Waals surface area contributed by atoms with E-state index < -0.39 is 11.7 Å². The molecule has 0 fully saturated rings. The highest BCUT2D eigenvalue weighted by Crippen LogP contribution is 2.06. The maximum atomic E-state index is 11.2. The summed E-state index contributed by atoms with van der Waals surface area (Å²) in [6.45, 7) is 10.4. The first-order chi connectivity index (χ1) is 6.35. The van der Waals surface area contributed by atoms with Crippen molar-refractivity contribution in [3.8, 4) is 0 Å². The van der Waals surface area contributed by atoms with Crippen LogP contribution in [0.3, 0.4) is 0 Å². The van der Waals surface area contributed by atoms with Gasteiger partial charge in [0.15, 0.2) is 0 Å². The third kappa shape index (κ3) is 7.86. The van der Waals surface area contributed by atoms with E-state index in [1.165, 1.54) is 0 Å². The molecule has 0 radical (unpaired) electrons. The summed E-state index contributed by atoms with van der Waals surface area (Å²) in [5.74, 6) is 0. The predicted octanol–water partition coefficient (Wildman–Crippen LogP) is 1.94. The molecule has 14 heavy (non-hydrogen) atoms. The fourth-order valence-electron chi connectivity index (χ4n) is 0.885. The fraction of sp³-hybridized carbons (Fsp3) is 0.900. The van der Waals surface area contributed by atoms with Crippen molar-refractivity contribution in [1.29, 1.82) is 0 Å². The van der Waals surface area contributed by atoms with E-state index in [0.717, 1.165) is 0 Å². The van der Waals surface area contributed by atoms with E-state index in [4.69, 9.17) is 9.47 Å². The average Bonchev–Trinajstić information content (AvgIpc) is 1.98. The maximum Gasteiger partial charge on any atom is 0.407 e. The van der Waals surface area contributed by atoms with Crippen LogP contribution in [-0.4, -0.2) is 30.9 Å². The first kappa shape index (κ1) is 13.2. The van der Waals surface area contributed by atoms with E-state index in [1.807, 2.05) is 34.6 Å². The van der Waals surface area contributed by atoms with Gasteiger partial charge in [0.05, 0.1) is 6.10 Å². The predicted molar refractivity (Wildman–Crippen MR) is 55.3 cm³/mol. The van der Waals surface area contributed by atoms with Crippen LogP contribution in [0.5, 0.6) is 0 Å². The van der Waals surface area contributed by atoms with E-state index in [1.54, 1.807) is 0 Å². The summed E-state index contributed by atoms with van der Waals surface area (Å²) in [6, 6.07) is 0. The number of ether oxygens (including phenoxy) is 2. The lowest BCUT2D eigenvalue weighted by Gasteiger charge is -2.20. The molecular formula is C10H21NO3. The number of amides is 1. The Hall–Kier alpha value is -0.770. The van der Waals surface area contributed by atoms with Crippen molar-refractivity contribution in [2.75, 3.05) is 13.2 Å². The number of rotatable bonds is 4. The molecule has 4 nitrogen and oxygen atoms in total. The third-order valence-electron chi connectivity index (χ3n) is 1.38. The summed E-state index contributed by atoms with van der Waals surface area (Å²) in [5, 5.41) is 2.64. The van der Waals surface area contributed by atoms with Gasteiger partial charge in [-0.2, -0.15) is 0 Å². The number of carbonyl (C=O) groups is 1. The number of nitrogens with one attached hydrogen (secondary N) is 1. The topological polar surface area (TPSA) is 47.6 Å². The molecule has 0 aliphatic rings. The molecule has 0 rings (SSSR count). The lowest BCUT2D eigenvalue weighted by molar-refractivity contribution is 0.0422. The van der Waals surface area contributed by atoms with Crippen LogP contribution in [0, 0.1) is 0 Å². The standard InChI is InChI=1S/C10H21NO3/c1-6-13-8(2)7-11-9(12)14-10(3,4)5/h8H,6-7H2,1-5H3,(H,11,12). The van der Waals surface area contributed by atoms with Gasteiger partial charge in [0.2, 0.25) is 0 Å². The van der Waals surface area contributed by atoms with Gasteiger partial charge >= 0.3 is 6.09 Å². The molecule has 0 aliphatic carbocycles. The number of alkyl carbamates (subject to hydrolysis) is 1. The van der Waals surface area contributed by atoms with Crippen LogP contribution in [0.2, 0.25) is 0 Å². The van der Waals surface area contributed by atoms with Gasteiger partial charge in [-0.05, 0) is 34.6 Å². The molecule has 0 aromatic rings. The summed E-state index contributed by atoms with van der Waals surface area (Å²) in [7, 11) is 0. The molecule has 0 heterocycles. The second-order valence-corrected chi connectivity index (χ2v) is 4.15. The summed E-state index contributed by atoms with van der Waals surface area (Å²) in [6.07, 6.45) is -0.378. The molecule has 84 valence electrons. The van der Waals surface area contributed by atoms with Gasteiger partial charge in [0.25, 0.3) is 0 Å². The molecule has 1 unspecified atom stereocenters. The lowest BCUT2D eigenvalue weighted by Crippen LogP contribution is -2.36. The average molecular weight is 203 g/mol. The zero-order valence-electron chi connectivity index (χ0n) is 9.72. The van der Waals surface area contributed by atoms with Gasteiger partial charge in [-0.3, -0.25) is 0 Å². The van der Waals surface area contributed by atoms with Gasteiger partial charge in [-0.1, -0.05) is 0 Å². The zero-order chi connectivity index (χ0) is 11.2. The molecule has 0 bridgehead atoms. The second-order valence-electron chi connectivity index (χ2n) is 4.15. The Morgan fingerprint density at radius 2 is 2.00 bits per heavy atom. The Labute approximate surface area is 86.0 Å². The van der Waals surface area contributed by atoms with Gasteiger partial charge in [-0.15, -0.1) is 0 Å². The Bertz CT molecular complexity index is 175. The van der Waals surface area contributed by atoms with Crippen LogP contribution in [0.1, 0.15) is 34.6 Å². The molecule has 0 saturated heterocycles. The molecule has 0 aromatic heterocycles. The molecule has 0 saturated carbocycles. The van der Waals surface area contributed by atoms with Crippen molar-refractivity contribution in [2.45, 2.75) is 46.3 Å². The summed E-state index contributed by atoms with van der Waals surface area (Å²) in [4.78, 5) is 11.2. The quantitative estimate of drug-likeness (QED) is 0.759. The second kappa shape index (κ2) is 5.86. The first-order valence-corrected chi connectivity index (χ1v) is 4.93. The van der Waals surface area contributed by atoms with Crippen molar-refractivity contribution >= 4 is 6.09 Å². The molecule has 0 aliphatic heterocycles. The third-order valence-corrected chi connectivity index (χ3v) is 1.38. The van der Waals surface area contributed by atoms with E-state index in [-0.39, 0.29) is 6.10 Å². The number of carbonyl (C=O) groups excluding carboxylic acids is 1. The van der Waals surface area contributed by atoms with E-state index in [9.17, 15) is 4.79 Å². The SMILES string of the molecule is CCOC(C)CNC(=O)OC(C)(C)C. The fourth-order valence-corrected chi connectivity index (χ4v) is 0.885. The molecule has 1 atom stereocenters. The first-order valence-electron chi connectivity index (χ1n) is 4.93. The van der Waals surface area contributed by atoms with Crippen LogP contribution in [-0.2, 0) is 9.47 Å². The van der Waals surface area contributed by atoms with Crippen LogP contribution < -0.4 is 5.32 Å². The normalized spacial score (nSPS) is 13.5. The van der Waals surface area contributed by atoms with E-state index in [2.05, 4.69) is 5.32 Å². The maximum absolute atomic E-state index is 11.2. The molecule has 1 amide bonds. The van der Waals surface area contributed by atoms with Crippen LogP contribution in [0.25, 0.3) is 0 Å². The Morgan fingerprint density at radius 1 is 1.43 bits per heavy atom. The highest BCUT2D eigenvalue weighted by molar-refractivity contribution is 5.67. The smallest absolute Gasteiger partial charge is 0.407 e. The Morgan fingerprint density at radius 3 is 2.43 bits per heavy atom. The van der Waals surface area contributed by atoms with Crippen LogP contribution in [0.15, 0.2) is 0 Å². The van der Waals surface area contributed by atoms with Crippen molar-refractivity contribution < 1.29 is 14.3 Å². The van der Waals surface area contributed by atoms with Gasteiger partial charge in [-0.25, -0.2) is 4.79 Å². The Balaban J connectivity index is 3.64. The number of hydrogen-bond acceptors (Lipinski definition) is 3. The zero-order valence-corrected chi connectivity index (χ0v) is 9.72.